The molecule has 2 nitrogen and oxygen atoms in total. The number of nitrogens with two attached hydrogens (primary N) is 1. The summed E-state index contributed by atoms with van der Waals surface area (Å²) in [5.74, 6) is 0.357. The maximum Gasteiger partial charge on any atom is 0.123 e. The highest BCUT2D eigenvalue weighted by molar-refractivity contribution is 6.31. The molecule has 4 heteroatoms. The molecule has 0 radical (unpaired) electrons. The summed E-state index contributed by atoms with van der Waals surface area (Å²) in [4.78, 5) is 0. The zero-order valence-corrected chi connectivity index (χ0v) is 11.7. The van der Waals surface area contributed by atoms with E-state index in [4.69, 9.17) is 22.1 Å². The largest absolute Gasteiger partial charge is 0.489 e. The lowest BCUT2D eigenvalue weighted by atomic mass is 10.1. The van der Waals surface area contributed by atoms with Gasteiger partial charge in [-0.2, -0.15) is 0 Å². The van der Waals surface area contributed by atoms with E-state index in [0.717, 1.165) is 5.56 Å². The van der Waals surface area contributed by atoms with E-state index in [0.29, 0.717) is 28.4 Å². The molecular formula is C16H15ClFNO. The summed E-state index contributed by atoms with van der Waals surface area (Å²) in [6.45, 7) is 3.90. The maximum atomic E-state index is 13.2. The summed E-state index contributed by atoms with van der Waals surface area (Å²) in [6, 6.07) is 9.59. The van der Waals surface area contributed by atoms with Crippen LogP contribution in [0.15, 0.2) is 49.1 Å². The standard InChI is InChI=1S/C16H15ClFNO/c1-2-3-11-9-14(19)5-7-16(11)20-10-12-8-13(18)4-6-15(12)17/h2,4-9H,1,3,10,19H2. The van der Waals surface area contributed by atoms with Crippen molar-refractivity contribution < 1.29 is 9.13 Å². The predicted octanol–water partition coefficient (Wildman–Crippen LogP) is 4.37. The first-order valence-corrected chi connectivity index (χ1v) is 6.54. The van der Waals surface area contributed by atoms with Crippen molar-refractivity contribution in [2.75, 3.05) is 5.73 Å². The van der Waals surface area contributed by atoms with E-state index in [-0.39, 0.29) is 12.4 Å². The first-order chi connectivity index (χ1) is 9.60. The van der Waals surface area contributed by atoms with Gasteiger partial charge in [-0.1, -0.05) is 17.7 Å². The number of allylic oxidation sites excluding steroid dienone is 1. The molecule has 0 fully saturated rings. The highest BCUT2D eigenvalue weighted by atomic mass is 35.5. The molecule has 2 aromatic carbocycles. The minimum atomic E-state index is -0.336. The third kappa shape index (κ3) is 3.52. The molecule has 2 rings (SSSR count). The van der Waals surface area contributed by atoms with E-state index in [2.05, 4.69) is 6.58 Å². The fraction of sp³-hybridized carbons (Fsp3) is 0.125. The molecule has 0 spiro atoms. The normalized spacial score (nSPS) is 10.3. The molecular weight excluding hydrogens is 277 g/mol. The fourth-order valence-corrected chi connectivity index (χ4v) is 2.04. The second-order valence-electron chi connectivity index (χ2n) is 4.38. The minimum Gasteiger partial charge on any atom is -0.489 e. The Morgan fingerprint density at radius 2 is 2.00 bits per heavy atom. The number of hydrogen-bond acceptors (Lipinski definition) is 2. The average molecular weight is 292 g/mol. The molecule has 0 saturated heterocycles. The van der Waals surface area contributed by atoms with Crippen molar-refractivity contribution in [2.45, 2.75) is 13.0 Å². The van der Waals surface area contributed by atoms with Crippen molar-refractivity contribution in [3.05, 3.63) is 71.0 Å². The lowest BCUT2D eigenvalue weighted by Gasteiger charge is -2.12. The smallest absolute Gasteiger partial charge is 0.123 e. The van der Waals surface area contributed by atoms with Gasteiger partial charge >= 0.3 is 0 Å². The topological polar surface area (TPSA) is 35.2 Å². The van der Waals surface area contributed by atoms with Crippen LogP contribution < -0.4 is 10.5 Å². The van der Waals surface area contributed by atoms with E-state index in [1.165, 1.54) is 18.2 Å². The Morgan fingerprint density at radius 3 is 2.75 bits per heavy atom. The van der Waals surface area contributed by atoms with Gasteiger partial charge in [-0.3, -0.25) is 0 Å². The number of halogens is 2. The molecule has 20 heavy (non-hydrogen) atoms. The Balaban J connectivity index is 2.18. The highest BCUT2D eigenvalue weighted by Crippen LogP contribution is 2.25. The van der Waals surface area contributed by atoms with Crippen LogP contribution in [0.25, 0.3) is 0 Å². The summed E-state index contributed by atoms with van der Waals surface area (Å²) >= 11 is 6.01. The SMILES string of the molecule is C=CCc1cc(N)ccc1OCc1cc(F)ccc1Cl. The average Bonchev–Trinajstić information content (AvgIpc) is 2.42. The van der Waals surface area contributed by atoms with Crippen molar-refractivity contribution >= 4 is 17.3 Å². The van der Waals surface area contributed by atoms with Crippen LogP contribution in [0.1, 0.15) is 11.1 Å². The summed E-state index contributed by atoms with van der Waals surface area (Å²) in [6.07, 6.45) is 2.42. The van der Waals surface area contributed by atoms with Crippen LogP contribution in [0.3, 0.4) is 0 Å². The molecule has 0 aliphatic rings. The minimum absolute atomic E-state index is 0.199. The van der Waals surface area contributed by atoms with Crippen molar-refractivity contribution in [1.82, 2.24) is 0 Å². The second kappa shape index (κ2) is 6.44. The number of hydrogen-bond donors (Lipinski definition) is 1. The van der Waals surface area contributed by atoms with Gasteiger partial charge in [-0.25, -0.2) is 4.39 Å². The van der Waals surface area contributed by atoms with Gasteiger partial charge in [-0.05, 0) is 48.4 Å². The van der Waals surface area contributed by atoms with Crippen molar-refractivity contribution in [2.24, 2.45) is 0 Å². The summed E-state index contributed by atoms with van der Waals surface area (Å²) in [5.41, 5.74) is 7.96. The number of rotatable bonds is 5. The van der Waals surface area contributed by atoms with Gasteiger partial charge < -0.3 is 10.5 Å². The number of benzene rings is 2. The van der Waals surface area contributed by atoms with Crippen molar-refractivity contribution in [1.29, 1.82) is 0 Å². The second-order valence-corrected chi connectivity index (χ2v) is 4.79. The third-order valence-electron chi connectivity index (χ3n) is 2.84. The molecule has 2 N–H and O–H groups in total. The third-order valence-corrected chi connectivity index (χ3v) is 3.21. The molecule has 0 bridgehead atoms. The van der Waals surface area contributed by atoms with E-state index < -0.39 is 0 Å². The number of nitrogen functional groups attached to an aromatic ring is 1. The van der Waals surface area contributed by atoms with Gasteiger partial charge in [0.1, 0.15) is 18.2 Å². The Bertz CT molecular complexity index is 628. The van der Waals surface area contributed by atoms with Gasteiger partial charge in [0.05, 0.1) is 0 Å². The molecule has 0 heterocycles. The number of ether oxygens (including phenoxy) is 1. The Labute approximate surface area is 122 Å². The Morgan fingerprint density at radius 1 is 1.20 bits per heavy atom. The first kappa shape index (κ1) is 14.4. The van der Waals surface area contributed by atoms with Gasteiger partial charge in [0.2, 0.25) is 0 Å². The molecule has 0 unspecified atom stereocenters. The summed E-state index contributed by atoms with van der Waals surface area (Å²) in [7, 11) is 0. The molecule has 0 saturated carbocycles. The van der Waals surface area contributed by atoms with E-state index in [1.807, 2.05) is 6.07 Å². The zero-order valence-electron chi connectivity index (χ0n) is 10.9. The molecule has 104 valence electrons. The molecule has 0 atom stereocenters. The van der Waals surface area contributed by atoms with Crippen LogP contribution in [0, 0.1) is 5.82 Å². The fourth-order valence-electron chi connectivity index (χ4n) is 1.86. The van der Waals surface area contributed by atoms with Crippen LogP contribution in [-0.2, 0) is 13.0 Å². The van der Waals surface area contributed by atoms with Crippen molar-refractivity contribution in [3.63, 3.8) is 0 Å². The van der Waals surface area contributed by atoms with Gasteiger partial charge in [0.25, 0.3) is 0 Å². The predicted molar refractivity (Wildman–Crippen MR) is 80.5 cm³/mol. The van der Waals surface area contributed by atoms with Crippen LogP contribution in [0.2, 0.25) is 5.02 Å². The van der Waals surface area contributed by atoms with Gasteiger partial charge in [0.15, 0.2) is 0 Å². The quantitative estimate of drug-likeness (QED) is 0.656. The van der Waals surface area contributed by atoms with Crippen molar-refractivity contribution in [3.8, 4) is 5.75 Å². The van der Waals surface area contributed by atoms with Crippen LogP contribution in [-0.4, -0.2) is 0 Å². The summed E-state index contributed by atoms with van der Waals surface area (Å²) < 4.78 is 18.9. The molecule has 0 amide bonds. The highest BCUT2D eigenvalue weighted by Gasteiger charge is 2.07. The van der Waals surface area contributed by atoms with Gasteiger partial charge in [0, 0.05) is 16.3 Å². The summed E-state index contributed by atoms with van der Waals surface area (Å²) in [5, 5.41) is 0.479. The molecule has 0 aliphatic carbocycles. The van der Waals surface area contributed by atoms with E-state index in [9.17, 15) is 4.39 Å². The molecule has 2 aromatic rings. The maximum absolute atomic E-state index is 13.2. The monoisotopic (exact) mass is 291 g/mol. The van der Waals surface area contributed by atoms with Crippen LogP contribution in [0.4, 0.5) is 10.1 Å². The molecule has 0 aliphatic heterocycles. The van der Waals surface area contributed by atoms with Crippen LogP contribution in [0.5, 0.6) is 5.75 Å². The zero-order chi connectivity index (χ0) is 14.5. The first-order valence-electron chi connectivity index (χ1n) is 6.16. The lowest BCUT2D eigenvalue weighted by molar-refractivity contribution is 0.303. The van der Waals surface area contributed by atoms with E-state index in [1.54, 1.807) is 18.2 Å². The van der Waals surface area contributed by atoms with E-state index >= 15 is 0 Å². The van der Waals surface area contributed by atoms with Gasteiger partial charge in [-0.15, -0.1) is 6.58 Å². The lowest BCUT2D eigenvalue weighted by Crippen LogP contribution is -2.00. The number of anilines is 1. The molecule has 0 aromatic heterocycles. The Kier molecular flexibility index (Phi) is 4.64. The van der Waals surface area contributed by atoms with Crippen LogP contribution >= 0.6 is 11.6 Å². The Hall–Kier alpha value is -2.00.